The molecule has 28 heavy (non-hydrogen) atoms. The number of hydrogen-bond donors (Lipinski definition) is 3. The summed E-state index contributed by atoms with van der Waals surface area (Å²) in [6, 6.07) is 17.0. The number of para-hydroxylation sites is 1. The van der Waals surface area contributed by atoms with Gasteiger partial charge in [0.2, 0.25) is 11.8 Å². The molecular formula is C21H26ClN3O3. The first-order valence-electron chi connectivity index (χ1n) is 9.19. The average molecular weight is 404 g/mol. The molecule has 1 saturated carbocycles. The number of nitrogens with one attached hydrogen (secondary N) is 2. The van der Waals surface area contributed by atoms with Gasteiger partial charge in [-0.3, -0.25) is 9.59 Å². The maximum atomic E-state index is 12.0. The monoisotopic (exact) mass is 403 g/mol. The van der Waals surface area contributed by atoms with Crippen LogP contribution in [0.15, 0.2) is 54.6 Å². The van der Waals surface area contributed by atoms with Crippen molar-refractivity contribution in [2.24, 2.45) is 5.73 Å². The van der Waals surface area contributed by atoms with E-state index in [1.54, 1.807) is 0 Å². The van der Waals surface area contributed by atoms with Crippen LogP contribution in [-0.4, -0.2) is 24.0 Å². The highest BCUT2D eigenvalue weighted by molar-refractivity contribution is 5.90. The summed E-state index contributed by atoms with van der Waals surface area (Å²) in [6.45, 7) is 0.932. The van der Waals surface area contributed by atoms with Gasteiger partial charge in [-0.25, -0.2) is 0 Å². The van der Waals surface area contributed by atoms with Gasteiger partial charge in [-0.1, -0.05) is 30.3 Å². The number of rotatable bonds is 9. The first kappa shape index (κ1) is 21.7. The molecule has 1 aliphatic carbocycles. The molecule has 0 saturated heterocycles. The number of anilines is 1. The number of amides is 2. The Labute approximate surface area is 171 Å². The molecular weight excluding hydrogens is 378 g/mol. The molecule has 3 rings (SSSR count). The van der Waals surface area contributed by atoms with E-state index in [1.807, 2.05) is 54.6 Å². The van der Waals surface area contributed by atoms with E-state index >= 15 is 0 Å². The van der Waals surface area contributed by atoms with Gasteiger partial charge in [0.15, 0.2) is 0 Å². The predicted octanol–water partition coefficient (Wildman–Crippen LogP) is 3.01. The molecule has 4 N–H and O–H groups in total. The van der Waals surface area contributed by atoms with E-state index in [-0.39, 0.29) is 24.2 Å². The van der Waals surface area contributed by atoms with Crippen LogP contribution in [0.2, 0.25) is 0 Å². The zero-order valence-electron chi connectivity index (χ0n) is 15.6. The molecule has 1 aliphatic rings. The van der Waals surface area contributed by atoms with E-state index in [0.717, 1.165) is 29.8 Å². The molecule has 2 amide bonds. The lowest BCUT2D eigenvalue weighted by Gasteiger charge is -2.11. The topological polar surface area (TPSA) is 93.5 Å². The van der Waals surface area contributed by atoms with Gasteiger partial charge < -0.3 is 21.1 Å². The fraction of sp³-hybridized carbons (Fsp3) is 0.333. The number of benzene rings is 2. The lowest BCUT2D eigenvalue weighted by atomic mass is 10.2. The third-order valence-electron chi connectivity index (χ3n) is 4.49. The van der Waals surface area contributed by atoms with Gasteiger partial charge in [-0.05, 0) is 49.1 Å². The van der Waals surface area contributed by atoms with E-state index in [9.17, 15) is 9.59 Å². The zero-order chi connectivity index (χ0) is 19.1. The standard InChI is InChI=1S/C21H25N3O3.ClH/c22-21(12-13-21)20(26)23-15-16-8-10-17(11-9-16)24-19(25)7-4-14-27-18-5-2-1-3-6-18;/h1-3,5-6,8-11H,4,7,12-15,22H2,(H,23,26)(H,24,25);1H. The van der Waals surface area contributed by atoms with Gasteiger partial charge in [-0.15, -0.1) is 12.4 Å². The van der Waals surface area contributed by atoms with Gasteiger partial charge in [0.25, 0.3) is 0 Å². The minimum absolute atomic E-state index is 0. The van der Waals surface area contributed by atoms with Crippen molar-refractivity contribution in [3.63, 3.8) is 0 Å². The summed E-state index contributed by atoms with van der Waals surface area (Å²) in [5, 5.41) is 5.71. The summed E-state index contributed by atoms with van der Waals surface area (Å²) < 4.78 is 5.57. The molecule has 7 heteroatoms. The summed E-state index contributed by atoms with van der Waals surface area (Å²) >= 11 is 0. The van der Waals surface area contributed by atoms with E-state index < -0.39 is 5.54 Å². The summed E-state index contributed by atoms with van der Waals surface area (Å²) in [6.07, 6.45) is 2.54. The van der Waals surface area contributed by atoms with Crippen LogP contribution >= 0.6 is 12.4 Å². The van der Waals surface area contributed by atoms with Crippen LogP contribution in [0.5, 0.6) is 5.75 Å². The Hall–Kier alpha value is -2.57. The van der Waals surface area contributed by atoms with Crippen molar-refractivity contribution in [3.8, 4) is 5.75 Å². The lowest BCUT2D eigenvalue weighted by Crippen LogP contribution is -2.42. The molecule has 0 unspecified atom stereocenters. The van der Waals surface area contributed by atoms with Crippen molar-refractivity contribution in [3.05, 3.63) is 60.2 Å². The molecule has 0 radical (unpaired) electrons. The van der Waals surface area contributed by atoms with Crippen LogP contribution in [0.3, 0.4) is 0 Å². The van der Waals surface area contributed by atoms with Gasteiger partial charge in [-0.2, -0.15) is 0 Å². The summed E-state index contributed by atoms with van der Waals surface area (Å²) in [4.78, 5) is 23.8. The highest BCUT2D eigenvalue weighted by atomic mass is 35.5. The van der Waals surface area contributed by atoms with Crippen molar-refractivity contribution in [1.29, 1.82) is 0 Å². The Morgan fingerprint density at radius 3 is 2.36 bits per heavy atom. The van der Waals surface area contributed by atoms with Gasteiger partial charge >= 0.3 is 0 Å². The van der Waals surface area contributed by atoms with E-state index in [4.69, 9.17) is 10.5 Å². The fourth-order valence-corrected chi connectivity index (χ4v) is 2.59. The second-order valence-electron chi connectivity index (χ2n) is 6.85. The molecule has 0 heterocycles. The van der Waals surface area contributed by atoms with Crippen molar-refractivity contribution in [1.82, 2.24) is 5.32 Å². The summed E-state index contributed by atoms with van der Waals surface area (Å²) in [7, 11) is 0. The largest absolute Gasteiger partial charge is 0.494 e. The molecule has 1 fully saturated rings. The molecule has 150 valence electrons. The highest BCUT2D eigenvalue weighted by Gasteiger charge is 2.45. The maximum absolute atomic E-state index is 12.0. The van der Waals surface area contributed by atoms with Crippen LogP contribution in [0, 0.1) is 0 Å². The van der Waals surface area contributed by atoms with Crippen LogP contribution in [0.1, 0.15) is 31.2 Å². The second-order valence-corrected chi connectivity index (χ2v) is 6.85. The number of nitrogens with two attached hydrogens (primary N) is 1. The van der Waals surface area contributed by atoms with Crippen LogP contribution in [-0.2, 0) is 16.1 Å². The fourth-order valence-electron chi connectivity index (χ4n) is 2.59. The molecule has 0 aliphatic heterocycles. The minimum Gasteiger partial charge on any atom is -0.494 e. The number of carbonyl (C=O) groups excluding carboxylic acids is 2. The predicted molar refractivity (Wildman–Crippen MR) is 111 cm³/mol. The van der Waals surface area contributed by atoms with Crippen molar-refractivity contribution in [2.75, 3.05) is 11.9 Å². The Kier molecular flexibility index (Phi) is 7.84. The average Bonchev–Trinajstić information content (AvgIpc) is 3.44. The molecule has 0 aromatic heterocycles. The molecule has 0 atom stereocenters. The maximum Gasteiger partial charge on any atom is 0.240 e. The number of hydrogen-bond acceptors (Lipinski definition) is 4. The number of halogens is 1. The highest BCUT2D eigenvalue weighted by Crippen LogP contribution is 2.32. The Balaban J connectivity index is 0.00000280. The Bertz CT molecular complexity index is 777. The molecule has 6 nitrogen and oxygen atoms in total. The first-order valence-corrected chi connectivity index (χ1v) is 9.19. The van der Waals surface area contributed by atoms with E-state index in [2.05, 4.69) is 10.6 Å². The summed E-state index contributed by atoms with van der Waals surface area (Å²) in [5.41, 5.74) is 6.89. The molecule has 2 aromatic carbocycles. The van der Waals surface area contributed by atoms with Crippen molar-refractivity contribution >= 4 is 29.9 Å². The van der Waals surface area contributed by atoms with E-state index in [0.29, 0.717) is 26.0 Å². The zero-order valence-corrected chi connectivity index (χ0v) is 16.5. The van der Waals surface area contributed by atoms with Crippen LogP contribution < -0.4 is 21.1 Å². The lowest BCUT2D eigenvalue weighted by molar-refractivity contribution is -0.123. The van der Waals surface area contributed by atoms with Crippen LogP contribution in [0.4, 0.5) is 5.69 Å². The normalized spacial score (nSPS) is 13.8. The Morgan fingerprint density at radius 1 is 1.04 bits per heavy atom. The van der Waals surface area contributed by atoms with Crippen LogP contribution in [0.25, 0.3) is 0 Å². The van der Waals surface area contributed by atoms with Crippen molar-refractivity contribution < 1.29 is 14.3 Å². The van der Waals surface area contributed by atoms with Gasteiger partial charge in [0.1, 0.15) is 5.75 Å². The number of carbonyl (C=O) groups is 2. The molecule has 0 bridgehead atoms. The smallest absolute Gasteiger partial charge is 0.240 e. The summed E-state index contributed by atoms with van der Waals surface area (Å²) in [5.74, 6) is 0.659. The van der Waals surface area contributed by atoms with E-state index in [1.165, 1.54) is 0 Å². The van der Waals surface area contributed by atoms with Gasteiger partial charge in [0.05, 0.1) is 12.1 Å². The second kappa shape index (κ2) is 10.1. The van der Waals surface area contributed by atoms with Crippen molar-refractivity contribution in [2.45, 2.75) is 37.8 Å². The molecule has 0 spiro atoms. The molecule has 2 aromatic rings. The third kappa shape index (κ3) is 6.55. The first-order chi connectivity index (χ1) is 13.0. The Morgan fingerprint density at radius 2 is 1.71 bits per heavy atom. The quantitative estimate of drug-likeness (QED) is 0.561. The number of ether oxygens (including phenoxy) is 1. The van der Waals surface area contributed by atoms with Gasteiger partial charge in [0, 0.05) is 18.7 Å². The third-order valence-corrected chi connectivity index (χ3v) is 4.49. The minimum atomic E-state index is -0.655. The SMILES string of the molecule is Cl.NC1(C(=O)NCc2ccc(NC(=O)CCCOc3ccccc3)cc2)CC1.